The summed E-state index contributed by atoms with van der Waals surface area (Å²) in [6.07, 6.45) is 0. The molecule has 0 aromatic heterocycles. The van der Waals surface area contributed by atoms with Crippen LogP contribution in [0.4, 0.5) is 4.39 Å². The zero-order valence-corrected chi connectivity index (χ0v) is 10.5. The number of carboxylic acids is 1. The van der Waals surface area contributed by atoms with Crippen molar-refractivity contribution in [2.45, 2.75) is 24.0 Å². The predicted molar refractivity (Wildman–Crippen MR) is 60.4 cm³/mol. The van der Waals surface area contributed by atoms with Crippen LogP contribution in [0.1, 0.15) is 22.8 Å². The Morgan fingerprint density at radius 3 is 2.50 bits per heavy atom. The molecule has 0 radical (unpaired) electrons. The average molecular weight is 271 g/mol. The van der Waals surface area contributed by atoms with Gasteiger partial charge in [-0.15, -0.1) is 0 Å². The van der Waals surface area contributed by atoms with Crippen molar-refractivity contribution in [1.82, 2.24) is 0 Å². The van der Waals surface area contributed by atoms with Crippen LogP contribution in [0.2, 0.25) is 0 Å². The molecule has 18 heavy (non-hydrogen) atoms. The lowest BCUT2D eigenvalue weighted by Gasteiger charge is -2.09. The van der Waals surface area contributed by atoms with Gasteiger partial charge >= 0.3 is 5.97 Å². The fraction of sp³-hybridized carbons (Fsp3) is 0.273. The van der Waals surface area contributed by atoms with Gasteiger partial charge in [0.05, 0.1) is 16.5 Å². The van der Waals surface area contributed by atoms with Gasteiger partial charge in [-0.05, 0) is 31.5 Å². The van der Waals surface area contributed by atoms with Crippen LogP contribution < -0.4 is 0 Å². The first kappa shape index (κ1) is 14.1. The summed E-state index contributed by atoms with van der Waals surface area (Å²) in [5.74, 6) is -2.54. The molecular formula is C11H10FNO4S. The Morgan fingerprint density at radius 1 is 1.50 bits per heavy atom. The Bertz CT molecular complexity index is 646. The topological polar surface area (TPSA) is 95.2 Å². The predicted octanol–water partition coefficient (Wildman–Crippen LogP) is 1.52. The number of sulfone groups is 1. The van der Waals surface area contributed by atoms with E-state index in [-0.39, 0.29) is 10.5 Å². The lowest BCUT2D eigenvalue weighted by Crippen LogP contribution is -2.17. The fourth-order valence-corrected chi connectivity index (χ4v) is 2.50. The molecular weight excluding hydrogens is 261 g/mol. The highest BCUT2D eigenvalue weighted by atomic mass is 32.2. The Balaban J connectivity index is 3.56. The molecule has 0 spiro atoms. The van der Waals surface area contributed by atoms with E-state index in [2.05, 4.69) is 0 Å². The molecule has 0 fully saturated rings. The van der Waals surface area contributed by atoms with Gasteiger partial charge in [0.2, 0.25) is 0 Å². The standard InChI is InChI=1S/C11H10FNO4S/c1-6-3-8(18(16,17)7(2)5-13)4-9(10(6)12)11(14)15/h3-4,7H,1-2H3,(H,14,15). The lowest BCUT2D eigenvalue weighted by molar-refractivity contribution is 0.0691. The summed E-state index contributed by atoms with van der Waals surface area (Å²) < 4.78 is 37.2. The minimum atomic E-state index is -3.98. The van der Waals surface area contributed by atoms with E-state index in [4.69, 9.17) is 10.4 Å². The average Bonchev–Trinajstić information content (AvgIpc) is 2.30. The highest BCUT2D eigenvalue weighted by Crippen LogP contribution is 2.22. The van der Waals surface area contributed by atoms with E-state index in [1.165, 1.54) is 13.8 Å². The third-order valence-electron chi connectivity index (χ3n) is 2.43. The van der Waals surface area contributed by atoms with Gasteiger partial charge in [0.1, 0.15) is 11.1 Å². The largest absolute Gasteiger partial charge is 0.478 e. The van der Waals surface area contributed by atoms with Crippen LogP contribution in [-0.2, 0) is 9.84 Å². The molecule has 1 aromatic carbocycles. The maximum Gasteiger partial charge on any atom is 0.338 e. The fourth-order valence-electron chi connectivity index (χ4n) is 1.33. The number of carboxylic acid groups (broad SMARTS) is 1. The summed E-state index contributed by atoms with van der Waals surface area (Å²) in [5.41, 5.74) is -0.822. The summed E-state index contributed by atoms with van der Waals surface area (Å²) in [4.78, 5) is 10.4. The van der Waals surface area contributed by atoms with Gasteiger partial charge < -0.3 is 5.11 Å². The normalized spacial score (nSPS) is 12.8. The number of nitrogens with zero attached hydrogens (tertiary/aromatic N) is 1. The Hall–Kier alpha value is -1.94. The first-order valence-electron chi connectivity index (χ1n) is 4.88. The molecule has 96 valence electrons. The Labute approximate surface area is 103 Å². The van der Waals surface area contributed by atoms with Crippen LogP contribution in [-0.4, -0.2) is 24.7 Å². The molecule has 0 aliphatic rings. The number of halogens is 1. The van der Waals surface area contributed by atoms with Crippen LogP contribution in [0.5, 0.6) is 0 Å². The summed E-state index contributed by atoms with van der Waals surface area (Å²) >= 11 is 0. The number of aryl methyl sites for hydroxylation is 1. The molecule has 0 aliphatic heterocycles. The minimum absolute atomic E-state index is 0.0985. The number of rotatable bonds is 3. The lowest BCUT2D eigenvalue weighted by atomic mass is 10.1. The van der Waals surface area contributed by atoms with Gasteiger partial charge in [-0.3, -0.25) is 0 Å². The van der Waals surface area contributed by atoms with E-state index < -0.39 is 32.4 Å². The molecule has 0 saturated heterocycles. The van der Waals surface area contributed by atoms with Gasteiger partial charge in [-0.1, -0.05) is 0 Å². The first-order chi connectivity index (χ1) is 8.21. The smallest absolute Gasteiger partial charge is 0.338 e. The van der Waals surface area contributed by atoms with Crippen LogP contribution in [0, 0.1) is 24.1 Å². The van der Waals surface area contributed by atoms with Crippen molar-refractivity contribution in [3.8, 4) is 6.07 Å². The summed E-state index contributed by atoms with van der Waals surface area (Å²) in [6, 6.07) is 3.31. The molecule has 5 nitrogen and oxygen atoms in total. The van der Waals surface area contributed by atoms with E-state index in [1.807, 2.05) is 0 Å². The molecule has 0 amide bonds. The highest BCUT2D eigenvalue weighted by Gasteiger charge is 2.26. The van der Waals surface area contributed by atoms with E-state index in [0.29, 0.717) is 0 Å². The van der Waals surface area contributed by atoms with Gasteiger partial charge in [-0.2, -0.15) is 5.26 Å². The molecule has 0 saturated carbocycles. The number of aromatic carboxylic acids is 1. The van der Waals surface area contributed by atoms with Crippen LogP contribution in [0.25, 0.3) is 0 Å². The third-order valence-corrected chi connectivity index (χ3v) is 4.36. The molecule has 1 unspecified atom stereocenters. The number of nitriles is 1. The quantitative estimate of drug-likeness (QED) is 0.841. The molecule has 1 aromatic rings. The summed E-state index contributed by atoms with van der Waals surface area (Å²) in [6.45, 7) is 2.44. The van der Waals surface area contributed by atoms with Crippen molar-refractivity contribution in [2.75, 3.05) is 0 Å². The highest BCUT2D eigenvalue weighted by molar-refractivity contribution is 7.92. The SMILES string of the molecule is Cc1cc(S(=O)(=O)C(C)C#N)cc(C(=O)O)c1F. The molecule has 0 aliphatic carbocycles. The molecule has 1 N–H and O–H groups in total. The number of hydrogen-bond acceptors (Lipinski definition) is 4. The molecule has 0 bridgehead atoms. The summed E-state index contributed by atoms with van der Waals surface area (Å²) in [5, 5.41) is 16.1. The second-order valence-electron chi connectivity index (χ2n) is 3.72. The van der Waals surface area contributed by atoms with E-state index >= 15 is 0 Å². The van der Waals surface area contributed by atoms with E-state index in [9.17, 15) is 17.6 Å². The molecule has 1 rings (SSSR count). The second kappa shape index (κ2) is 4.74. The molecule has 1 atom stereocenters. The van der Waals surface area contributed by atoms with Crippen LogP contribution >= 0.6 is 0 Å². The van der Waals surface area contributed by atoms with Crippen LogP contribution in [0.3, 0.4) is 0 Å². The molecule has 7 heteroatoms. The van der Waals surface area contributed by atoms with Gasteiger partial charge in [-0.25, -0.2) is 17.6 Å². The zero-order chi connectivity index (χ0) is 14.1. The summed E-state index contributed by atoms with van der Waals surface area (Å²) in [7, 11) is -3.98. The maximum absolute atomic E-state index is 13.5. The third kappa shape index (κ3) is 2.33. The van der Waals surface area contributed by atoms with Crippen molar-refractivity contribution in [3.63, 3.8) is 0 Å². The number of benzene rings is 1. The van der Waals surface area contributed by atoms with Gasteiger partial charge in [0.15, 0.2) is 9.84 Å². The number of carbonyl (C=O) groups is 1. The second-order valence-corrected chi connectivity index (χ2v) is 5.99. The van der Waals surface area contributed by atoms with Crippen molar-refractivity contribution >= 4 is 15.8 Å². The zero-order valence-electron chi connectivity index (χ0n) is 9.64. The van der Waals surface area contributed by atoms with Gasteiger partial charge in [0.25, 0.3) is 0 Å². The van der Waals surface area contributed by atoms with E-state index in [0.717, 1.165) is 12.1 Å². The van der Waals surface area contributed by atoms with Crippen molar-refractivity contribution < 1.29 is 22.7 Å². The van der Waals surface area contributed by atoms with Crippen molar-refractivity contribution in [1.29, 1.82) is 5.26 Å². The molecule has 0 heterocycles. The minimum Gasteiger partial charge on any atom is -0.478 e. The Kier molecular flexibility index (Phi) is 3.72. The Morgan fingerprint density at radius 2 is 2.06 bits per heavy atom. The van der Waals surface area contributed by atoms with Crippen LogP contribution in [0.15, 0.2) is 17.0 Å². The van der Waals surface area contributed by atoms with Crippen molar-refractivity contribution in [2.24, 2.45) is 0 Å². The van der Waals surface area contributed by atoms with E-state index in [1.54, 1.807) is 6.07 Å². The van der Waals surface area contributed by atoms with Crippen molar-refractivity contribution in [3.05, 3.63) is 29.1 Å². The number of hydrogen-bond donors (Lipinski definition) is 1. The monoisotopic (exact) mass is 271 g/mol. The maximum atomic E-state index is 13.5. The first-order valence-corrected chi connectivity index (χ1v) is 6.43. The van der Waals surface area contributed by atoms with Gasteiger partial charge in [0, 0.05) is 0 Å².